The molecule has 4 rings (SSSR count). The number of para-hydroxylation sites is 1. The molecule has 1 amide bonds. The van der Waals surface area contributed by atoms with Crippen LogP contribution in [0, 0.1) is 12.7 Å². The molecule has 0 radical (unpaired) electrons. The van der Waals surface area contributed by atoms with Gasteiger partial charge in [0.2, 0.25) is 5.95 Å². The normalized spacial score (nSPS) is 14.0. The predicted octanol–water partition coefficient (Wildman–Crippen LogP) is 3.50. The molecule has 0 atom stereocenters. The third-order valence-electron chi connectivity index (χ3n) is 5.01. The number of hydrogen-bond acceptors (Lipinski definition) is 5. The standard InChI is InChI=1S/C22H22FN5O/c1-16-7-8-17(13-20(16)23)21(29)26-18-14-24-22(25-15-18)28-11-9-27(10-12-28)19-5-3-2-4-6-19/h2-8,13-15H,9-12H2,1H3,(H,26,29). The number of piperazine rings is 1. The Balaban J connectivity index is 1.36. The summed E-state index contributed by atoms with van der Waals surface area (Å²) in [7, 11) is 0. The number of carbonyl (C=O) groups excluding carboxylic acids is 1. The molecule has 1 fully saturated rings. The first-order valence-electron chi connectivity index (χ1n) is 9.54. The van der Waals surface area contributed by atoms with E-state index >= 15 is 0 Å². The van der Waals surface area contributed by atoms with E-state index in [9.17, 15) is 9.18 Å². The fourth-order valence-corrected chi connectivity index (χ4v) is 3.29. The van der Waals surface area contributed by atoms with Gasteiger partial charge in [-0.3, -0.25) is 4.79 Å². The van der Waals surface area contributed by atoms with Gasteiger partial charge in [-0.05, 0) is 36.8 Å². The van der Waals surface area contributed by atoms with Gasteiger partial charge < -0.3 is 15.1 Å². The summed E-state index contributed by atoms with van der Waals surface area (Å²) in [5.41, 5.74) is 2.46. The van der Waals surface area contributed by atoms with Gasteiger partial charge in [0.25, 0.3) is 5.91 Å². The maximum atomic E-state index is 13.7. The lowest BCUT2D eigenvalue weighted by Gasteiger charge is -2.36. The summed E-state index contributed by atoms with van der Waals surface area (Å²) >= 11 is 0. The third kappa shape index (κ3) is 4.34. The average Bonchev–Trinajstić information content (AvgIpc) is 2.77. The van der Waals surface area contributed by atoms with Crippen LogP contribution in [0.5, 0.6) is 0 Å². The zero-order chi connectivity index (χ0) is 20.2. The number of nitrogens with zero attached hydrogens (tertiary/aromatic N) is 4. The summed E-state index contributed by atoms with van der Waals surface area (Å²) in [4.78, 5) is 25.5. The second-order valence-corrected chi connectivity index (χ2v) is 7.00. The number of halogens is 1. The molecule has 0 bridgehead atoms. The van der Waals surface area contributed by atoms with Crippen LogP contribution in [0.15, 0.2) is 60.9 Å². The van der Waals surface area contributed by atoms with Gasteiger partial charge in [0.1, 0.15) is 5.82 Å². The number of amides is 1. The summed E-state index contributed by atoms with van der Waals surface area (Å²) in [6.45, 7) is 5.09. The van der Waals surface area contributed by atoms with Gasteiger partial charge in [-0.15, -0.1) is 0 Å². The van der Waals surface area contributed by atoms with E-state index < -0.39 is 11.7 Å². The Morgan fingerprint density at radius 1 is 0.966 bits per heavy atom. The molecule has 1 saturated heterocycles. The van der Waals surface area contributed by atoms with Crippen LogP contribution in [0.2, 0.25) is 0 Å². The predicted molar refractivity (Wildman–Crippen MR) is 112 cm³/mol. The van der Waals surface area contributed by atoms with Gasteiger partial charge in [0, 0.05) is 37.4 Å². The third-order valence-corrected chi connectivity index (χ3v) is 5.01. The number of nitrogens with one attached hydrogen (secondary N) is 1. The highest BCUT2D eigenvalue weighted by Gasteiger charge is 2.19. The summed E-state index contributed by atoms with van der Waals surface area (Å²) in [5.74, 6) is -0.160. The van der Waals surface area contributed by atoms with Gasteiger partial charge in [-0.25, -0.2) is 14.4 Å². The van der Waals surface area contributed by atoms with E-state index in [4.69, 9.17) is 0 Å². The summed E-state index contributed by atoms with van der Waals surface area (Å²) in [6.07, 6.45) is 3.16. The zero-order valence-corrected chi connectivity index (χ0v) is 16.2. The lowest BCUT2D eigenvalue weighted by molar-refractivity contribution is 0.102. The first kappa shape index (κ1) is 18.9. The molecule has 7 heteroatoms. The first-order chi connectivity index (χ1) is 14.1. The van der Waals surface area contributed by atoms with Crippen molar-refractivity contribution in [3.05, 3.63) is 77.9 Å². The number of rotatable bonds is 4. The van der Waals surface area contributed by atoms with Crippen molar-refractivity contribution in [1.82, 2.24) is 9.97 Å². The largest absolute Gasteiger partial charge is 0.368 e. The minimum absolute atomic E-state index is 0.259. The van der Waals surface area contributed by atoms with Crippen molar-refractivity contribution in [3.8, 4) is 0 Å². The van der Waals surface area contributed by atoms with Crippen LogP contribution in [0.3, 0.4) is 0 Å². The van der Waals surface area contributed by atoms with Gasteiger partial charge in [-0.2, -0.15) is 0 Å². The monoisotopic (exact) mass is 391 g/mol. The number of anilines is 3. The van der Waals surface area contributed by atoms with Crippen LogP contribution >= 0.6 is 0 Å². The summed E-state index contributed by atoms with van der Waals surface area (Å²) in [5, 5.41) is 2.71. The molecule has 0 saturated carbocycles. The van der Waals surface area contributed by atoms with Crippen molar-refractivity contribution >= 4 is 23.2 Å². The molecule has 29 heavy (non-hydrogen) atoms. The van der Waals surface area contributed by atoms with Crippen LogP contribution in [0.4, 0.5) is 21.7 Å². The summed E-state index contributed by atoms with van der Waals surface area (Å²) in [6, 6.07) is 14.7. The number of benzene rings is 2. The Hall–Kier alpha value is -3.48. The highest BCUT2D eigenvalue weighted by atomic mass is 19.1. The lowest BCUT2D eigenvalue weighted by atomic mass is 10.1. The molecule has 1 aromatic heterocycles. The molecule has 2 aromatic carbocycles. The van der Waals surface area contributed by atoms with Crippen LogP contribution in [-0.2, 0) is 0 Å². The second-order valence-electron chi connectivity index (χ2n) is 7.00. The van der Waals surface area contributed by atoms with Crippen LogP contribution < -0.4 is 15.1 Å². The molecule has 6 nitrogen and oxygen atoms in total. The molecule has 1 aliphatic heterocycles. The molecular formula is C22H22FN5O. The van der Waals surface area contributed by atoms with E-state index in [2.05, 4.69) is 37.2 Å². The van der Waals surface area contributed by atoms with Crippen molar-refractivity contribution in [2.24, 2.45) is 0 Å². The lowest BCUT2D eigenvalue weighted by Crippen LogP contribution is -2.47. The van der Waals surface area contributed by atoms with Gasteiger partial charge >= 0.3 is 0 Å². The van der Waals surface area contributed by atoms with E-state index in [1.54, 1.807) is 31.5 Å². The van der Waals surface area contributed by atoms with E-state index in [0.717, 1.165) is 26.2 Å². The van der Waals surface area contributed by atoms with Gasteiger partial charge in [0.15, 0.2) is 0 Å². The Morgan fingerprint density at radius 3 is 2.28 bits per heavy atom. The minimum atomic E-state index is -0.404. The smallest absolute Gasteiger partial charge is 0.255 e. The molecule has 148 valence electrons. The Kier molecular flexibility index (Phi) is 5.37. The molecule has 0 unspecified atom stereocenters. The van der Waals surface area contributed by atoms with Crippen molar-refractivity contribution in [3.63, 3.8) is 0 Å². The molecule has 1 aliphatic rings. The van der Waals surface area contributed by atoms with E-state index in [0.29, 0.717) is 17.2 Å². The Morgan fingerprint density at radius 2 is 1.62 bits per heavy atom. The number of aryl methyl sites for hydroxylation is 1. The molecular weight excluding hydrogens is 369 g/mol. The quantitative estimate of drug-likeness (QED) is 0.738. The van der Waals surface area contributed by atoms with E-state index in [1.165, 1.54) is 11.8 Å². The summed E-state index contributed by atoms with van der Waals surface area (Å²) < 4.78 is 13.7. The van der Waals surface area contributed by atoms with E-state index in [1.807, 2.05) is 18.2 Å². The molecule has 3 aromatic rings. The van der Waals surface area contributed by atoms with Crippen molar-refractivity contribution in [2.75, 3.05) is 41.3 Å². The van der Waals surface area contributed by atoms with Gasteiger partial charge in [0.05, 0.1) is 18.1 Å². The number of hydrogen-bond donors (Lipinski definition) is 1. The molecule has 1 N–H and O–H groups in total. The maximum Gasteiger partial charge on any atom is 0.255 e. The highest BCUT2D eigenvalue weighted by Crippen LogP contribution is 2.19. The molecule has 2 heterocycles. The van der Waals surface area contributed by atoms with Crippen molar-refractivity contribution in [2.45, 2.75) is 6.92 Å². The fraction of sp³-hybridized carbons (Fsp3) is 0.227. The van der Waals surface area contributed by atoms with Crippen LogP contribution in [-0.4, -0.2) is 42.1 Å². The highest BCUT2D eigenvalue weighted by molar-refractivity contribution is 6.04. The molecule has 0 aliphatic carbocycles. The Labute approximate surface area is 169 Å². The van der Waals surface area contributed by atoms with Crippen molar-refractivity contribution in [1.29, 1.82) is 0 Å². The zero-order valence-electron chi connectivity index (χ0n) is 16.2. The maximum absolute atomic E-state index is 13.7. The van der Waals surface area contributed by atoms with Gasteiger partial charge in [-0.1, -0.05) is 24.3 Å². The number of carbonyl (C=O) groups is 1. The fourth-order valence-electron chi connectivity index (χ4n) is 3.29. The minimum Gasteiger partial charge on any atom is -0.368 e. The average molecular weight is 391 g/mol. The van der Waals surface area contributed by atoms with Crippen LogP contribution in [0.1, 0.15) is 15.9 Å². The Bertz CT molecular complexity index is 986. The SMILES string of the molecule is Cc1ccc(C(=O)Nc2cnc(N3CCN(c4ccccc4)CC3)nc2)cc1F. The topological polar surface area (TPSA) is 61.4 Å². The first-order valence-corrected chi connectivity index (χ1v) is 9.54. The second kappa shape index (κ2) is 8.26. The molecule has 0 spiro atoms. The number of aromatic nitrogens is 2. The van der Waals surface area contributed by atoms with Crippen molar-refractivity contribution < 1.29 is 9.18 Å². The van der Waals surface area contributed by atoms with E-state index in [-0.39, 0.29) is 5.56 Å². The van der Waals surface area contributed by atoms with Crippen LogP contribution in [0.25, 0.3) is 0 Å².